The zero-order valence-corrected chi connectivity index (χ0v) is 12.5. The standard InChI is InChI=1S/C17H25FN2/c1-12-9-14(7-8-20(12)2)19-15-10-13(11-15)16-5-3-4-6-17(16)18/h3-6,12-15,19H,7-11H2,1-2H3. The first-order valence-corrected chi connectivity index (χ1v) is 7.84. The quantitative estimate of drug-likeness (QED) is 0.912. The van der Waals surface area contributed by atoms with Crippen molar-refractivity contribution in [2.45, 2.75) is 56.7 Å². The Morgan fingerprint density at radius 1 is 1.15 bits per heavy atom. The van der Waals surface area contributed by atoms with Crippen molar-refractivity contribution in [2.75, 3.05) is 13.6 Å². The summed E-state index contributed by atoms with van der Waals surface area (Å²) >= 11 is 0. The molecular weight excluding hydrogens is 251 g/mol. The first-order chi connectivity index (χ1) is 9.63. The van der Waals surface area contributed by atoms with Crippen molar-refractivity contribution in [1.29, 1.82) is 0 Å². The summed E-state index contributed by atoms with van der Waals surface area (Å²) < 4.78 is 13.7. The third-order valence-corrected chi connectivity index (χ3v) is 5.16. The molecule has 1 heterocycles. The van der Waals surface area contributed by atoms with Crippen LogP contribution in [0.1, 0.15) is 44.1 Å². The number of piperidine rings is 1. The summed E-state index contributed by atoms with van der Waals surface area (Å²) in [6.07, 6.45) is 4.64. The van der Waals surface area contributed by atoms with Gasteiger partial charge >= 0.3 is 0 Å². The average molecular weight is 276 g/mol. The van der Waals surface area contributed by atoms with Crippen molar-refractivity contribution in [3.8, 4) is 0 Å². The highest BCUT2D eigenvalue weighted by Crippen LogP contribution is 2.38. The van der Waals surface area contributed by atoms with Gasteiger partial charge in [-0.05, 0) is 63.7 Å². The maximum atomic E-state index is 13.7. The van der Waals surface area contributed by atoms with Crippen LogP contribution in [0.3, 0.4) is 0 Å². The molecule has 20 heavy (non-hydrogen) atoms. The summed E-state index contributed by atoms with van der Waals surface area (Å²) in [5.74, 6) is 0.376. The highest BCUT2D eigenvalue weighted by atomic mass is 19.1. The van der Waals surface area contributed by atoms with Gasteiger partial charge in [-0.1, -0.05) is 18.2 Å². The average Bonchev–Trinajstić information content (AvgIpc) is 2.39. The van der Waals surface area contributed by atoms with Gasteiger partial charge in [0.25, 0.3) is 0 Å². The normalized spacial score (nSPS) is 34.8. The molecule has 2 atom stereocenters. The molecule has 3 rings (SSSR count). The largest absolute Gasteiger partial charge is 0.311 e. The monoisotopic (exact) mass is 276 g/mol. The maximum absolute atomic E-state index is 13.7. The second kappa shape index (κ2) is 5.82. The van der Waals surface area contributed by atoms with Gasteiger partial charge in [0.1, 0.15) is 5.82 Å². The van der Waals surface area contributed by atoms with Crippen LogP contribution in [0.15, 0.2) is 24.3 Å². The topological polar surface area (TPSA) is 15.3 Å². The maximum Gasteiger partial charge on any atom is 0.126 e. The molecule has 1 saturated carbocycles. The molecule has 0 amide bonds. The Balaban J connectivity index is 1.48. The fraction of sp³-hybridized carbons (Fsp3) is 0.647. The molecule has 0 bridgehead atoms. The van der Waals surface area contributed by atoms with E-state index in [-0.39, 0.29) is 5.82 Å². The van der Waals surface area contributed by atoms with Gasteiger partial charge in [-0.15, -0.1) is 0 Å². The molecular formula is C17H25FN2. The number of likely N-dealkylation sites (tertiary alicyclic amines) is 1. The Hall–Kier alpha value is -0.930. The van der Waals surface area contributed by atoms with E-state index in [1.807, 2.05) is 12.1 Å². The van der Waals surface area contributed by atoms with E-state index in [0.717, 1.165) is 18.4 Å². The van der Waals surface area contributed by atoms with Crippen molar-refractivity contribution >= 4 is 0 Å². The summed E-state index contributed by atoms with van der Waals surface area (Å²) in [6, 6.07) is 9.13. The fourth-order valence-electron chi connectivity index (χ4n) is 3.59. The molecule has 2 aliphatic rings. The minimum atomic E-state index is -0.0381. The van der Waals surface area contributed by atoms with Crippen LogP contribution in [-0.2, 0) is 0 Å². The Bertz CT molecular complexity index is 456. The van der Waals surface area contributed by atoms with E-state index in [9.17, 15) is 4.39 Å². The molecule has 110 valence electrons. The molecule has 2 nitrogen and oxygen atoms in total. The van der Waals surface area contributed by atoms with Gasteiger partial charge in [-0.2, -0.15) is 0 Å². The second-order valence-electron chi connectivity index (χ2n) is 6.60. The van der Waals surface area contributed by atoms with Gasteiger partial charge in [0.15, 0.2) is 0 Å². The molecule has 0 spiro atoms. The minimum absolute atomic E-state index is 0.0381. The molecule has 1 aliphatic carbocycles. The number of hydrogen-bond donors (Lipinski definition) is 1. The van der Waals surface area contributed by atoms with E-state index in [1.165, 1.54) is 19.4 Å². The van der Waals surface area contributed by atoms with Crippen molar-refractivity contribution in [1.82, 2.24) is 10.2 Å². The van der Waals surface area contributed by atoms with Gasteiger partial charge in [0.2, 0.25) is 0 Å². The highest BCUT2D eigenvalue weighted by Gasteiger charge is 2.34. The van der Waals surface area contributed by atoms with Gasteiger partial charge in [-0.25, -0.2) is 4.39 Å². The van der Waals surface area contributed by atoms with Crippen molar-refractivity contribution in [2.24, 2.45) is 0 Å². The first kappa shape index (κ1) is 14.0. The van der Waals surface area contributed by atoms with Crippen molar-refractivity contribution in [3.05, 3.63) is 35.6 Å². The number of benzene rings is 1. The Kier molecular flexibility index (Phi) is 4.08. The lowest BCUT2D eigenvalue weighted by Gasteiger charge is -2.42. The summed E-state index contributed by atoms with van der Waals surface area (Å²) in [5, 5.41) is 3.78. The van der Waals surface area contributed by atoms with Crippen LogP contribution >= 0.6 is 0 Å². The van der Waals surface area contributed by atoms with Gasteiger partial charge in [0, 0.05) is 18.1 Å². The molecule has 1 aromatic rings. The van der Waals surface area contributed by atoms with E-state index >= 15 is 0 Å². The third kappa shape index (κ3) is 2.89. The predicted molar refractivity (Wildman–Crippen MR) is 80.4 cm³/mol. The first-order valence-electron chi connectivity index (χ1n) is 7.84. The molecule has 1 aromatic carbocycles. The van der Waals surface area contributed by atoms with E-state index < -0.39 is 0 Å². The molecule has 0 radical (unpaired) electrons. The fourth-order valence-corrected chi connectivity index (χ4v) is 3.59. The zero-order valence-electron chi connectivity index (χ0n) is 12.5. The van der Waals surface area contributed by atoms with E-state index in [0.29, 0.717) is 24.0 Å². The van der Waals surface area contributed by atoms with Crippen LogP contribution < -0.4 is 5.32 Å². The van der Waals surface area contributed by atoms with E-state index in [2.05, 4.69) is 24.2 Å². The van der Waals surface area contributed by atoms with Crippen molar-refractivity contribution < 1.29 is 4.39 Å². The van der Waals surface area contributed by atoms with Gasteiger partial charge in [-0.3, -0.25) is 0 Å². The van der Waals surface area contributed by atoms with Gasteiger partial charge in [0.05, 0.1) is 0 Å². The van der Waals surface area contributed by atoms with Crippen LogP contribution in [0.2, 0.25) is 0 Å². The number of halogens is 1. The summed E-state index contributed by atoms with van der Waals surface area (Å²) in [7, 11) is 2.21. The highest BCUT2D eigenvalue weighted by molar-refractivity contribution is 5.24. The lowest BCUT2D eigenvalue weighted by Crippen LogP contribution is -2.51. The number of nitrogens with one attached hydrogen (secondary N) is 1. The Morgan fingerprint density at radius 3 is 2.60 bits per heavy atom. The van der Waals surface area contributed by atoms with Crippen LogP contribution in [-0.4, -0.2) is 36.6 Å². The second-order valence-corrected chi connectivity index (χ2v) is 6.60. The van der Waals surface area contributed by atoms with Crippen LogP contribution in [0.4, 0.5) is 4.39 Å². The summed E-state index contributed by atoms with van der Waals surface area (Å²) in [5.41, 5.74) is 0.905. The molecule has 0 aromatic heterocycles. The molecule has 1 aliphatic heterocycles. The zero-order chi connectivity index (χ0) is 14.1. The van der Waals surface area contributed by atoms with Gasteiger partial charge < -0.3 is 10.2 Å². The molecule has 3 heteroatoms. The van der Waals surface area contributed by atoms with Crippen LogP contribution in [0.5, 0.6) is 0 Å². The summed E-state index contributed by atoms with van der Waals surface area (Å²) in [4.78, 5) is 2.43. The minimum Gasteiger partial charge on any atom is -0.311 e. The van der Waals surface area contributed by atoms with Crippen LogP contribution in [0.25, 0.3) is 0 Å². The molecule has 1 saturated heterocycles. The predicted octanol–water partition coefficient (Wildman–Crippen LogP) is 3.14. The van der Waals surface area contributed by atoms with E-state index in [4.69, 9.17) is 0 Å². The Labute approximate surface area is 121 Å². The van der Waals surface area contributed by atoms with Crippen molar-refractivity contribution in [3.63, 3.8) is 0 Å². The lowest BCUT2D eigenvalue weighted by molar-refractivity contribution is 0.146. The number of nitrogens with zero attached hydrogens (tertiary/aromatic N) is 1. The number of rotatable bonds is 3. The lowest BCUT2D eigenvalue weighted by atomic mass is 9.75. The molecule has 2 unspecified atom stereocenters. The molecule has 2 fully saturated rings. The molecule has 1 N–H and O–H groups in total. The van der Waals surface area contributed by atoms with E-state index in [1.54, 1.807) is 12.1 Å². The number of hydrogen-bond acceptors (Lipinski definition) is 2. The SMILES string of the molecule is CC1CC(NC2CC(c3ccccc3F)C2)CCN1C. The smallest absolute Gasteiger partial charge is 0.126 e. The summed E-state index contributed by atoms with van der Waals surface area (Å²) in [6.45, 7) is 3.49. The third-order valence-electron chi connectivity index (χ3n) is 5.16. The van der Waals surface area contributed by atoms with Crippen LogP contribution in [0, 0.1) is 5.82 Å². The Morgan fingerprint density at radius 2 is 1.90 bits per heavy atom.